The van der Waals surface area contributed by atoms with Crippen molar-refractivity contribution < 1.29 is 18.7 Å². The molecular weight excluding hydrogens is 320 g/mol. The van der Waals surface area contributed by atoms with Crippen LogP contribution in [0.3, 0.4) is 0 Å². The largest absolute Gasteiger partial charge is 0.468 e. The molecule has 3 aliphatic rings. The fourth-order valence-electron chi connectivity index (χ4n) is 4.42. The normalized spacial score (nSPS) is 29.2. The quantitative estimate of drug-likeness (QED) is 0.833. The summed E-state index contributed by atoms with van der Waals surface area (Å²) in [5, 5.41) is 0. The summed E-state index contributed by atoms with van der Waals surface area (Å²) in [5.41, 5.74) is 0.0594. The van der Waals surface area contributed by atoms with E-state index in [4.69, 9.17) is 13.9 Å². The van der Waals surface area contributed by atoms with E-state index in [1.165, 1.54) is 0 Å². The molecule has 3 fully saturated rings. The van der Waals surface area contributed by atoms with Crippen LogP contribution in [-0.4, -0.2) is 68.3 Å². The third-order valence-electron chi connectivity index (χ3n) is 5.80. The number of rotatable bonds is 3. The lowest BCUT2D eigenvalue weighted by atomic mass is 9.87. The molecule has 138 valence electrons. The molecule has 0 radical (unpaired) electrons. The summed E-state index contributed by atoms with van der Waals surface area (Å²) in [7, 11) is 0. The Morgan fingerprint density at radius 2 is 2.04 bits per heavy atom. The van der Waals surface area contributed by atoms with Gasteiger partial charge in [0.25, 0.3) is 0 Å². The Morgan fingerprint density at radius 1 is 1.16 bits per heavy atom. The highest BCUT2D eigenvalue weighted by Crippen LogP contribution is 2.35. The maximum Gasteiger partial charge on any atom is 0.225 e. The van der Waals surface area contributed by atoms with Crippen LogP contribution in [-0.2, 0) is 20.8 Å². The smallest absolute Gasteiger partial charge is 0.225 e. The minimum atomic E-state index is 0.0594. The second-order valence-electron chi connectivity index (χ2n) is 7.74. The topological polar surface area (TPSA) is 55.1 Å². The first-order valence-corrected chi connectivity index (χ1v) is 9.43. The highest BCUT2D eigenvalue weighted by molar-refractivity contribution is 5.79. The molecule has 25 heavy (non-hydrogen) atoms. The number of hydrogen-bond donors (Lipinski definition) is 0. The Labute approximate surface area is 149 Å². The van der Waals surface area contributed by atoms with Crippen LogP contribution >= 0.6 is 0 Å². The molecule has 4 rings (SSSR count). The van der Waals surface area contributed by atoms with Gasteiger partial charge in [-0.15, -0.1) is 0 Å². The van der Waals surface area contributed by atoms with Crippen molar-refractivity contribution in [2.45, 2.75) is 25.8 Å². The Bertz CT molecular complexity index is 570. The van der Waals surface area contributed by atoms with E-state index >= 15 is 0 Å². The molecule has 0 aromatic carbocycles. The number of likely N-dealkylation sites (tertiary alicyclic amines) is 1. The summed E-state index contributed by atoms with van der Waals surface area (Å²) in [6, 6.07) is 3.96. The Morgan fingerprint density at radius 3 is 2.84 bits per heavy atom. The first kappa shape index (κ1) is 17.1. The van der Waals surface area contributed by atoms with Gasteiger partial charge in [0.2, 0.25) is 5.91 Å². The number of nitrogens with zero attached hydrogens (tertiary/aromatic N) is 2. The number of hydrogen-bond acceptors (Lipinski definition) is 5. The van der Waals surface area contributed by atoms with E-state index in [1.807, 2.05) is 12.1 Å². The van der Waals surface area contributed by atoms with Crippen LogP contribution in [0, 0.1) is 11.3 Å². The average molecular weight is 348 g/mol. The molecule has 0 aliphatic carbocycles. The molecule has 0 unspecified atom stereocenters. The predicted molar refractivity (Wildman–Crippen MR) is 92.0 cm³/mol. The third-order valence-corrected chi connectivity index (χ3v) is 5.80. The van der Waals surface area contributed by atoms with E-state index in [1.54, 1.807) is 6.26 Å². The van der Waals surface area contributed by atoms with Crippen LogP contribution in [0.4, 0.5) is 0 Å². The zero-order valence-electron chi connectivity index (χ0n) is 14.8. The molecule has 0 saturated carbocycles. The maximum absolute atomic E-state index is 13.0. The lowest BCUT2D eigenvalue weighted by Gasteiger charge is -2.34. The Balaban J connectivity index is 1.40. The van der Waals surface area contributed by atoms with Crippen LogP contribution in [0.25, 0.3) is 0 Å². The third kappa shape index (κ3) is 3.91. The van der Waals surface area contributed by atoms with Crippen LogP contribution in [0.15, 0.2) is 22.8 Å². The van der Waals surface area contributed by atoms with Gasteiger partial charge in [0.1, 0.15) is 5.76 Å². The predicted octanol–water partition coefficient (Wildman–Crippen LogP) is 1.76. The van der Waals surface area contributed by atoms with Gasteiger partial charge in [-0.25, -0.2) is 0 Å². The minimum absolute atomic E-state index is 0.0594. The van der Waals surface area contributed by atoms with Crippen molar-refractivity contribution in [2.24, 2.45) is 11.3 Å². The van der Waals surface area contributed by atoms with Crippen LogP contribution in [0.5, 0.6) is 0 Å². The highest BCUT2D eigenvalue weighted by Gasteiger charge is 2.43. The molecule has 1 amide bonds. The highest BCUT2D eigenvalue weighted by atomic mass is 16.5. The molecule has 4 heterocycles. The molecule has 6 heteroatoms. The Hall–Kier alpha value is -1.37. The van der Waals surface area contributed by atoms with E-state index in [9.17, 15) is 4.79 Å². The summed E-state index contributed by atoms with van der Waals surface area (Å²) in [5.74, 6) is 1.43. The molecule has 3 saturated heterocycles. The first-order valence-electron chi connectivity index (χ1n) is 9.43. The van der Waals surface area contributed by atoms with Crippen molar-refractivity contribution in [3.8, 4) is 0 Å². The van der Waals surface area contributed by atoms with Gasteiger partial charge in [-0.05, 0) is 37.9 Å². The fourth-order valence-corrected chi connectivity index (χ4v) is 4.42. The average Bonchev–Trinajstić information content (AvgIpc) is 3.23. The van der Waals surface area contributed by atoms with E-state index < -0.39 is 0 Å². The van der Waals surface area contributed by atoms with Gasteiger partial charge in [0, 0.05) is 44.2 Å². The van der Waals surface area contributed by atoms with Crippen molar-refractivity contribution >= 4 is 5.91 Å². The van der Waals surface area contributed by atoms with Gasteiger partial charge in [-0.3, -0.25) is 9.69 Å². The molecule has 0 bridgehead atoms. The number of carbonyl (C=O) groups is 1. The van der Waals surface area contributed by atoms with Gasteiger partial charge < -0.3 is 18.8 Å². The molecule has 1 atom stereocenters. The molecule has 1 aromatic rings. The minimum Gasteiger partial charge on any atom is -0.468 e. The van der Waals surface area contributed by atoms with Gasteiger partial charge in [0.15, 0.2) is 0 Å². The second kappa shape index (κ2) is 7.48. The molecule has 0 N–H and O–H groups in total. The number of carbonyl (C=O) groups excluding carboxylic acids is 1. The van der Waals surface area contributed by atoms with Crippen molar-refractivity contribution in [3.63, 3.8) is 0 Å². The number of amides is 1. The van der Waals surface area contributed by atoms with Gasteiger partial charge in [-0.1, -0.05) is 0 Å². The lowest BCUT2D eigenvalue weighted by Crippen LogP contribution is -2.46. The zero-order chi connectivity index (χ0) is 17.1. The fraction of sp³-hybridized carbons (Fsp3) is 0.737. The van der Waals surface area contributed by atoms with Gasteiger partial charge >= 0.3 is 0 Å². The maximum atomic E-state index is 13.0. The van der Waals surface area contributed by atoms with Gasteiger partial charge in [-0.2, -0.15) is 0 Å². The molecule has 1 spiro atoms. The van der Waals surface area contributed by atoms with Gasteiger partial charge in [0.05, 0.1) is 26.0 Å². The van der Waals surface area contributed by atoms with Crippen LogP contribution in [0.1, 0.15) is 25.0 Å². The second-order valence-corrected chi connectivity index (χ2v) is 7.74. The van der Waals surface area contributed by atoms with Crippen LogP contribution in [0.2, 0.25) is 0 Å². The Kier molecular flexibility index (Phi) is 5.10. The SMILES string of the molecule is O=C(C1CCOCC1)N1CCOC[C@]2(CCN(Cc3ccco3)C2)C1. The first-order chi connectivity index (χ1) is 12.2. The van der Waals surface area contributed by atoms with E-state index in [0.29, 0.717) is 25.7 Å². The van der Waals surface area contributed by atoms with Crippen molar-refractivity contribution in [1.82, 2.24) is 9.80 Å². The molecule has 3 aliphatic heterocycles. The van der Waals surface area contributed by atoms with Crippen molar-refractivity contribution in [2.75, 3.05) is 52.6 Å². The van der Waals surface area contributed by atoms with E-state index in [0.717, 1.165) is 64.4 Å². The molecule has 6 nitrogen and oxygen atoms in total. The molecular formula is C19H28N2O4. The standard InChI is InChI=1S/C19H28N2O4/c22-18(16-3-9-23-10-4-16)21-7-11-24-15-19(14-21)5-6-20(13-19)12-17-2-1-8-25-17/h1-2,8,16H,3-7,9-15H2/t19-/m0/s1. The van der Waals surface area contributed by atoms with E-state index in [2.05, 4.69) is 9.80 Å². The summed E-state index contributed by atoms with van der Waals surface area (Å²) >= 11 is 0. The summed E-state index contributed by atoms with van der Waals surface area (Å²) in [6.07, 6.45) is 4.51. The summed E-state index contributed by atoms with van der Waals surface area (Å²) in [4.78, 5) is 17.5. The monoisotopic (exact) mass is 348 g/mol. The van der Waals surface area contributed by atoms with Crippen molar-refractivity contribution in [3.05, 3.63) is 24.2 Å². The van der Waals surface area contributed by atoms with E-state index in [-0.39, 0.29) is 11.3 Å². The van der Waals surface area contributed by atoms with Crippen LogP contribution < -0.4 is 0 Å². The summed E-state index contributed by atoms with van der Waals surface area (Å²) < 4.78 is 16.8. The number of ether oxygens (including phenoxy) is 2. The molecule has 1 aromatic heterocycles. The summed E-state index contributed by atoms with van der Waals surface area (Å²) in [6.45, 7) is 7.19. The lowest BCUT2D eigenvalue weighted by molar-refractivity contribution is -0.139. The number of furan rings is 1. The van der Waals surface area contributed by atoms with Crippen molar-refractivity contribution in [1.29, 1.82) is 0 Å². The zero-order valence-corrected chi connectivity index (χ0v) is 14.8.